The lowest BCUT2D eigenvalue weighted by molar-refractivity contribution is 0.590. The SMILES string of the molecule is CC(C)(C)c1cc2c3c(c1)N(c1c(-c4ccccc4)cccc1-c1ccccc1)c1ccc(-c4cc5ccc6cc(C(C)(C)C)cc7ccc(c4)c5c67)cc1B3c1cc(-c3cc4ccc5cc(C(C)(C)C)cc6ccc(c3)c4c56)ccc1N2c1c(-c2ccccc2)cccc1-c1ccccc1. The molecule has 2 aliphatic rings. The predicted molar refractivity (Wildman–Crippen MR) is 437 cm³/mol. The summed E-state index contributed by atoms with van der Waals surface area (Å²) in [7, 11) is 0. The quantitative estimate of drug-likeness (QED) is 0.111. The lowest BCUT2D eigenvalue weighted by Crippen LogP contribution is -2.61. The number of rotatable bonds is 8. The first-order valence-corrected chi connectivity index (χ1v) is 36.0. The number of hydrogen-bond acceptors (Lipinski definition) is 2. The Morgan fingerprint density at radius 1 is 0.218 bits per heavy atom. The molecule has 0 bridgehead atoms. The van der Waals surface area contributed by atoms with Crippen LogP contribution in [0, 0.1) is 0 Å². The van der Waals surface area contributed by atoms with Crippen LogP contribution < -0.4 is 26.2 Å². The summed E-state index contributed by atoms with van der Waals surface area (Å²) in [5, 5.41) is 15.5. The minimum absolute atomic E-state index is 0.0282. The van der Waals surface area contributed by atoms with Crippen molar-refractivity contribution in [2.24, 2.45) is 0 Å². The van der Waals surface area contributed by atoms with Gasteiger partial charge in [-0.2, -0.15) is 0 Å². The van der Waals surface area contributed by atoms with E-state index in [2.05, 4.69) is 375 Å². The van der Waals surface area contributed by atoms with Crippen LogP contribution in [0.4, 0.5) is 34.1 Å². The molecule has 2 nitrogen and oxygen atoms in total. The number of benzene rings is 17. The number of fused-ring (bicyclic) bond motifs is 4. The van der Waals surface area contributed by atoms with Crippen LogP contribution in [0.1, 0.15) is 79.0 Å². The Balaban J connectivity index is 0.934. The van der Waals surface area contributed by atoms with Gasteiger partial charge in [-0.1, -0.05) is 317 Å². The molecule has 0 N–H and O–H groups in total. The molecule has 17 aromatic rings. The van der Waals surface area contributed by atoms with Gasteiger partial charge in [0.1, 0.15) is 0 Å². The van der Waals surface area contributed by atoms with E-state index in [0.717, 1.165) is 67.3 Å². The van der Waals surface area contributed by atoms with E-state index in [4.69, 9.17) is 0 Å². The maximum absolute atomic E-state index is 2.69. The monoisotopic (exact) mass is 1290 g/mol. The fourth-order valence-electron chi connectivity index (χ4n) is 17.1. The number of para-hydroxylation sites is 2. The van der Waals surface area contributed by atoms with Crippen molar-refractivity contribution in [3.63, 3.8) is 0 Å². The third-order valence-corrected chi connectivity index (χ3v) is 22.3. The average molecular weight is 1290 g/mol. The van der Waals surface area contributed by atoms with Crippen LogP contribution in [0.2, 0.25) is 0 Å². The highest BCUT2D eigenvalue weighted by atomic mass is 15.2. The third kappa shape index (κ3) is 9.75. The van der Waals surface area contributed by atoms with Crippen LogP contribution in [0.15, 0.2) is 303 Å². The molecular formula is C98H77BN2. The van der Waals surface area contributed by atoms with Crippen molar-refractivity contribution in [3.05, 3.63) is 320 Å². The van der Waals surface area contributed by atoms with Gasteiger partial charge >= 0.3 is 0 Å². The summed E-state index contributed by atoms with van der Waals surface area (Å²) < 4.78 is 0. The highest BCUT2D eigenvalue weighted by molar-refractivity contribution is 7.00. The molecule has 2 heterocycles. The van der Waals surface area contributed by atoms with E-state index in [1.54, 1.807) is 0 Å². The van der Waals surface area contributed by atoms with Crippen molar-refractivity contribution in [1.82, 2.24) is 0 Å². The van der Waals surface area contributed by atoms with Crippen molar-refractivity contribution in [1.29, 1.82) is 0 Å². The summed E-state index contributed by atoms with van der Waals surface area (Å²) in [4.78, 5) is 5.39. The minimum Gasteiger partial charge on any atom is -0.310 e. The van der Waals surface area contributed by atoms with Gasteiger partial charge in [-0.05, 0) is 207 Å². The standard InChI is InChI=1S/C98H77BN2/c1-96(2,3)76-52-70-40-36-66-48-74(49-67-37-41-71(53-76)91(70)89(66)67)64-44-46-85-83(56-64)99-84-57-65(75-50-68-38-42-72-54-77(97(4,5)6)55-73-43-39-69(51-75)90(68)92(72)73)45-47-86(84)101(95-81(62-28-18-12-19-29-62)34-23-35-82(95)63-30-20-13-21-31-63)88-59-78(98(7,8)9)58-87(93(88)99)100(85)94-79(60-24-14-10-15-25-60)32-22-33-80(94)61-26-16-11-17-27-61/h10-59H,1-9H3. The highest BCUT2D eigenvalue weighted by Crippen LogP contribution is 2.55. The van der Waals surface area contributed by atoms with Crippen molar-refractivity contribution in [3.8, 4) is 66.8 Å². The molecule has 101 heavy (non-hydrogen) atoms. The van der Waals surface area contributed by atoms with Crippen molar-refractivity contribution in [2.75, 3.05) is 9.80 Å². The van der Waals surface area contributed by atoms with E-state index in [1.165, 1.54) is 131 Å². The summed E-state index contributed by atoms with van der Waals surface area (Å²) in [6.07, 6.45) is 0. The second-order valence-corrected chi connectivity index (χ2v) is 31.6. The van der Waals surface area contributed by atoms with Crippen molar-refractivity contribution in [2.45, 2.75) is 78.6 Å². The first-order chi connectivity index (χ1) is 49.0. The van der Waals surface area contributed by atoms with Crippen LogP contribution in [0.3, 0.4) is 0 Å². The zero-order valence-electron chi connectivity index (χ0n) is 58.8. The summed E-state index contributed by atoms with van der Waals surface area (Å²) in [6.45, 7) is 20.8. The van der Waals surface area contributed by atoms with Crippen molar-refractivity contribution >= 4 is 122 Å². The minimum atomic E-state index is -0.271. The van der Waals surface area contributed by atoms with E-state index >= 15 is 0 Å². The second-order valence-electron chi connectivity index (χ2n) is 31.6. The molecule has 0 saturated carbocycles. The molecule has 0 amide bonds. The summed E-state index contributed by atoms with van der Waals surface area (Å²) in [5.41, 5.74) is 28.6. The molecule has 482 valence electrons. The van der Waals surface area contributed by atoms with Crippen LogP contribution >= 0.6 is 0 Å². The van der Waals surface area contributed by atoms with Gasteiger partial charge < -0.3 is 9.80 Å². The molecule has 2 aliphatic heterocycles. The largest absolute Gasteiger partial charge is 0.310 e. The second kappa shape index (κ2) is 22.5. The topological polar surface area (TPSA) is 6.48 Å². The molecule has 0 aromatic heterocycles. The zero-order chi connectivity index (χ0) is 68.4. The average Bonchev–Trinajstić information content (AvgIpc) is 0.690. The van der Waals surface area contributed by atoms with Crippen LogP contribution in [0.5, 0.6) is 0 Å². The molecule has 3 heteroatoms. The van der Waals surface area contributed by atoms with Gasteiger partial charge in [0.15, 0.2) is 0 Å². The summed E-state index contributed by atoms with van der Waals surface area (Å²) in [5.74, 6) is 0. The van der Waals surface area contributed by atoms with Crippen LogP contribution in [-0.4, -0.2) is 6.71 Å². The Hall–Kier alpha value is -11.5. The normalized spacial score (nSPS) is 13.1. The van der Waals surface area contributed by atoms with Gasteiger partial charge in [-0.25, -0.2) is 0 Å². The highest BCUT2D eigenvalue weighted by Gasteiger charge is 2.46. The van der Waals surface area contributed by atoms with E-state index in [1.807, 2.05) is 0 Å². The first kappa shape index (κ1) is 60.6. The molecule has 0 spiro atoms. The zero-order valence-corrected chi connectivity index (χ0v) is 58.8. The molecule has 17 aromatic carbocycles. The van der Waals surface area contributed by atoms with Gasteiger partial charge in [-0.3, -0.25) is 0 Å². The Morgan fingerprint density at radius 3 is 0.762 bits per heavy atom. The predicted octanol–water partition coefficient (Wildman–Crippen LogP) is 25.5. The van der Waals surface area contributed by atoms with Gasteiger partial charge in [0.2, 0.25) is 0 Å². The third-order valence-electron chi connectivity index (χ3n) is 22.3. The molecule has 19 rings (SSSR count). The molecule has 0 radical (unpaired) electrons. The fraction of sp³-hybridized carbons (Fsp3) is 0.122. The number of nitrogens with zero attached hydrogens (tertiary/aromatic N) is 2. The van der Waals surface area contributed by atoms with Crippen molar-refractivity contribution < 1.29 is 0 Å². The Bertz CT molecular complexity index is 5570. The van der Waals surface area contributed by atoms with Gasteiger partial charge in [-0.15, -0.1) is 0 Å². The molecule has 0 unspecified atom stereocenters. The van der Waals surface area contributed by atoms with Gasteiger partial charge in [0.25, 0.3) is 6.71 Å². The lowest BCUT2D eigenvalue weighted by Gasteiger charge is -2.46. The van der Waals surface area contributed by atoms with Gasteiger partial charge in [0.05, 0.1) is 11.4 Å². The molecule has 0 saturated heterocycles. The molecule has 0 atom stereocenters. The summed E-state index contributed by atoms with van der Waals surface area (Å²) in [6, 6.07) is 117. The first-order valence-electron chi connectivity index (χ1n) is 36.0. The lowest BCUT2D eigenvalue weighted by atomic mass is 9.33. The van der Waals surface area contributed by atoms with E-state index in [-0.39, 0.29) is 23.0 Å². The molecule has 0 fully saturated rings. The maximum atomic E-state index is 2.69. The molecule has 0 aliphatic carbocycles. The molecular weight excluding hydrogens is 1220 g/mol. The van der Waals surface area contributed by atoms with Crippen LogP contribution in [0.25, 0.3) is 131 Å². The van der Waals surface area contributed by atoms with E-state index < -0.39 is 0 Å². The summed E-state index contributed by atoms with van der Waals surface area (Å²) >= 11 is 0. The Kier molecular flexibility index (Phi) is 13.5. The van der Waals surface area contributed by atoms with Gasteiger partial charge in [0, 0.05) is 45.0 Å². The fourth-order valence-corrected chi connectivity index (χ4v) is 17.1. The van der Waals surface area contributed by atoms with E-state index in [9.17, 15) is 0 Å². The Labute approximate surface area is 593 Å². The smallest absolute Gasteiger partial charge is 0.252 e. The number of anilines is 6. The maximum Gasteiger partial charge on any atom is 0.252 e. The Morgan fingerprint density at radius 2 is 0.485 bits per heavy atom. The number of hydrogen-bond donors (Lipinski definition) is 0. The van der Waals surface area contributed by atoms with Crippen LogP contribution in [-0.2, 0) is 16.2 Å². The van der Waals surface area contributed by atoms with E-state index in [0.29, 0.717) is 0 Å².